The van der Waals surface area contributed by atoms with E-state index in [1.54, 1.807) is 0 Å². The fourth-order valence-corrected chi connectivity index (χ4v) is 1.28. The molecular formula is C9H17NO. The second-order valence-corrected chi connectivity index (χ2v) is 3.43. The lowest BCUT2D eigenvalue weighted by atomic mass is 10.2. The van der Waals surface area contributed by atoms with Gasteiger partial charge < -0.3 is 0 Å². The standard InChI is InChI=1S/C9H17NO/c1-3-4-9(11)7-10(2)8-5-6-8/h8H,3-7H2,1-2H3. The van der Waals surface area contributed by atoms with Gasteiger partial charge in [0, 0.05) is 12.5 Å². The van der Waals surface area contributed by atoms with Crippen LogP contribution in [-0.2, 0) is 4.79 Å². The van der Waals surface area contributed by atoms with E-state index in [-0.39, 0.29) is 0 Å². The summed E-state index contributed by atoms with van der Waals surface area (Å²) in [7, 11) is 2.05. The molecule has 1 aliphatic carbocycles. The van der Waals surface area contributed by atoms with Gasteiger partial charge in [0.2, 0.25) is 0 Å². The molecule has 64 valence electrons. The van der Waals surface area contributed by atoms with Crippen LogP contribution >= 0.6 is 0 Å². The molecule has 1 rings (SSSR count). The van der Waals surface area contributed by atoms with Gasteiger partial charge in [0.15, 0.2) is 0 Å². The summed E-state index contributed by atoms with van der Waals surface area (Å²) < 4.78 is 0. The monoisotopic (exact) mass is 155 g/mol. The average Bonchev–Trinajstić information content (AvgIpc) is 2.67. The molecular weight excluding hydrogens is 138 g/mol. The van der Waals surface area contributed by atoms with Gasteiger partial charge in [-0.05, 0) is 26.3 Å². The molecule has 1 fully saturated rings. The van der Waals surface area contributed by atoms with Gasteiger partial charge in [0.05, 0.1) is 6.54 Å². The van der Waals surface area contributed by atoms with Crippen molar-refractivity contribution >= 4 is 5.78 Å². The van der Waals surface area contributed by atoms with Crippen LogP contribution in [0.3, 0.4) is 0 Å². The molecule has 0 aromatic rings. The quantitative estimate of drug-likeness (QED) is 0.599. The van der Waals surface area contributed by atoms with E-state index in [4.69, 9.17) is 0 Å². The number of carbonyl (C=O) groups excluding carboxylic acids is 1. The molecule has 0 N–H and O–H groups in total. The van der Waals surface area contributed by atoms with Crippen molar-refractivity contribution in [3.63, 3.8) is 0 Å². The van der Waals surface area contributed by atoms with Crippen molar-refractivity contribution in [3.8, 4) is 0 Å². The Morgan fingerprint density at radius 3 is 2.64 bits per heavy atom. The van der Waals surface area contributed by atoms with Gasteiger partial charge in [-0.3, -0.25) is 9.69 Å². The van der Waals surface area contributed by atoms with Crippen molar-refractivity contribution < 1.29 is 4.79 Å². The number of likely N-dealkylation sites (N-methyl/N-ethyl adjacent to an activating group) is 1. The van der Waals surface area contributed by atoms with E-state index in [0.717, 1.165) is 18.9 Å². The molecule has 0 aliphatic heterocycles. The van der Waals surface area contributed by atoms with Crippen LogP contribution in [-0.4, -0.2) is 30.3 Å². The summed E-state index contributed by atoms with van der Waals surface area (Å²) in [5.41, 5.74) is 0. The number of ketones is 1. The lowest BCUT2D eigenvalue weighted by Gasteiger charge is -2.13. The van der Waals surface area contributed by atoms with Crippen LogP contribution in [0.1, 0.15) is 32.6 Å². The van der Waals surface area contributed by atoms with Crippen LogP contribution in [0, 0.1) is 0 Å². The first-order valence-electron chi connectivity index (χ1n) is 4.46. The van der Waals surface area contributed by atoms with E-state index in [2.05, 4.69) is 11.8 Å². The number of Topliss-reactive ketones (excluding diaryl/α,β-unsaturated/α-hetero) is 1. The van der Waals surface area contributed by atoms with Gasteiger partial charge in [-0.1, -0.05) is 6.92 Å². The highest BCUT2D eigenvalue weighted by atomic mass is 16.1. The molecule has 0 saturated heterocycles. The van der Waals surface area contributed by atoms with Crippen molar-refractivity contribution in [2.75, 3.05) is 13.6 Å². The smallest absolute Gasteiger partial charge is 0.146 e. The van der Waals surface area contributed by atoms with Crippen LogP contribution < -0.4 is 0 Å². The second kappa shape index (κ2) is 3.86. The third-order valence-corrected chi connectivity index (χ3v) is 2.12. The maximum absolute atomic E-state index is 11.1. The number of carbonyl (C=O) groups is 1. The van der Waals surface area contributed by atoms with Crippen molar-refractivity contribution in [3.05, 3.63) is 0 Å². The normalized spacial score (nSPS) is 17.4. The van der Waals surface area contributed by atoms with Gasteiger partial charge in [-0.15, -0.1) is 0 Å². The molecule has 0 unspecified atom stereocenters. The Morgan fingerprint density at radius 2 is 2.18 bits per heavy atom. The summed E-state index contributed by atoms with van der Waals surface area (Å²) in [5, 5.41) is 0. The van der Waals surface area contributed by atoms with E-state index in [0.29, 0.717) is 12.3 Å². The molecule has 1 saturated carbocycles. The Kier molecular flexibility index (Phi) is 3.06. The molecule has 0 amide bonds. The second-order valence-electron chi connectivity index (χ2n) is 3.43. The SMILES string of the molecule is CCCC(=O)CN(C)C1CC1. The first-order chi connectivity index (χ1) is 5.24. The lowest BCUT2D eigenvalue weighted by Crippen LogP contribution is -2.27. The summed E-state index contributed by atoms with van der Waals surface area (Å²) in [4.78, 5) is 13.3. The fourth-order valence-electron chi connectivity index (χ4n) is 1.28. The molecule has 0 aromatic heterocycles. The van der Waals surface area contributed by atoms with Gasteiger partial charge in [-0.25, -0.2) is 0 Å². The highest BCUT2D eigenvalue weighted by Crippen LogP contribution is 2.24. The molecule has 0 radical (unpaired) electrons. The maximum Gasteiger partial charge on any atom is 0.146 e. The molecule has 0 spiro atoms. The first-order valence-corrected chi connectivity index (χ1v) is 4.46. The van der Waals surface area contributed by atoms with Gasteiger partial charge in [0.1, 0.15) is 5.78 Å². The largest absolute Gasteiger partial charge is 0.298 e. The van der Waals surface area contributed by atoms with Crippen LogP contribution in [0.2, 0.25) is 0 Å². The van der Waals surface area contributed by atoms with E-state index in [1.165, 1.54) is 12.8 Å². The minimum atomic E-state index is 0.391. The summed E-state index contributed by atoms with van der Waals surface area (Å²) in [6.07, 6.45) is 4.31. The summed E-state index contributed by atoms with van der Waals surface area (Å²) in [6, 6.07) is 0.718. The molecule has 2 heteroatoms. The van der Waals surface area contributed by atoms with Gasteiger partial charge in [0.25, 0.3) is 0 Å². The zero-order valence-electron chi connectivity index (χ0n) is 7.47. The van der Waals surface area contributed by atoms with Crippen molar-refractivity contribution in [1.82, 2.24) is 4.90 Å². The summed E-state index contributed by atoms with van der Waals surface area (Å²) in [6.45, 7) is 2.72. The van der Waals surface area contributed by atoms with Crippen molar-refractivity contribution in [1.29, 1.82) is 0 Å². The first kappa shape index (κ1) is 8.72. The number of rotatable bonds is 5. The van der Waals surface area contributed by atoms with Gasteiger partial charge in [-0.2, -0.15) is 0 Å². The molecule has 0 heterocycles. The Hall–Kier alpha value is -0.370. The number of hydrogen-bond donors (Lipinski definition) is 0. The molecule has 2 nitrogen and oxygen atoms in total. The van der Waals surface area contributed by atoms with Crippen molar-refractivity contribution in [2.24, 2.45) is 0 Å². The van der Waals surface area contributed by atoms with Crippen LogP contribution in [0.25, 0.3) is 0 Å². The van der Waals surface area contributed by atoms with E-state index in [1.807, 2.05) is 7.05 Å². The minimum absolute atomic E-state index is 0.391. The Morgan fingerprint density at radius 1 is 1.55 bits per heavy atom. The molecule has 0 bridgehead atoms. The van der Waals surface area contributed by atoms with E-state index in [9.17, 15) is 4.79 Å². The van der Waals surface area contributed by atoms with E-state index >= 15 is 0 Å². The summed E-state index contributed by atoms with van der Waals surface area (Å²) in [5.74, 6) is 0.391. The third kappa shape index (κ3) is 3.02. The Balaban J connectivity index is 2.12. The average molecular weight is 155 g/mol. The van der Waals surface area contributed by atoms with Crippen LogP contribution in [0.5, 0.6) is 0 Å². The zero-order chi connectivity index (χ0) is 8.27. The van der Waals surface area contributed by atoms with Gasteiger partial charge >= 0.3 is 0 Å². The highest BCUT2D eigenvalue weighted by molar-refractivity contribution is 5.80. The van der Waals surface area contributed by atoms with Crippen molar-refractivity contribution in [2.45, 2.75) is 38.6 Å². The highest BCUT2D eigenvalue weighted by Gasteiger charge is 2.26. The van der Waals surface area contributed by atoms with Crippen LogP contribution in [0.4, 0.5) is 0 Å². The predicted molar refractivity (Wildman–Crippen MR) is 45.6 cm³/mol. The molecule has 1 aliphatic rings. The molecule has 0 atom stereocenters. The number of nitrogens with zero attached hydrogens (tertiary/aromatic N) is 1. The Bertz CT molecular complexity index is 140. The third-order valence-electron chi connectivity index (χ3n) is 2.12. The fraction of sp³-hybridized carbons (Fsp3) is 0.889. The topological polar surface area (TPSA) is 20.3 Å². The maximum atomic E-state index is 11.1. The number of hydrogen-bond acceptors (Lipinski definition) is 2. The molecule has 11 heavy (non-hydrogen) atoms. The minimum Gasteiger partial charge on any atom is -0.298 e. The summed E-state index contributed by atoms with van der Waals surface area (Å²) >= 11 is 0. The predicted octanol–water partition coefficient (Wildman–Crippen LogP) is 1.45. The lowest BCUT2D eigenvalue weighted by molar-refractivity contribution is -0.120. The zero-order valence-corrected chi connectivity index (χ0v) is 7.47. The van der Waals surface area contributed by atoms with Crippen LogP contribution in [0.15, 0.2) is 0 Å². The van der Waals surface area contributed by atoms with E-state index < -0.39 is 0 Å². The molecule has 0 aromatic carbocycles. The Labute approximate surface area is 68.6 Å².